The molecule has 0 radical (unpaired) electrons. The quantitative estimate of drug-likeness (QED) is 0.564. The van der Waals surface area contributed by atoms with Crippen molar-refractivity contribution in [3.8, 4) is 0 Å². The molecule has 1 aromatic heterocycles. The van der Waals surface area contributed by atoms with Gasteiger partial charge in [-0.05, 0) is 52.6 Å². The fourth-order valence-corrected chi connectivity index (χ4v) is 2.07. The van der Waals surface area contributed by atoms with Gasteiger partial charge in [-0.25, -0.2) is 0 Å². The molecule has 5 nitrogen and oxygen atoms in total. The lowest BCUT2D eigenvalue weighted by molar-refractivity contribution is 0.400. The molecule has 2 N–H and O–H groups in total. The zero-order valence-corrected chi connectivity index (χ0v) is 14.0. The van der Waals surface area contributed by atoms with Crippen LogP contribution in [-0.4, -0.2) is 53.5 Å². The second-order valence-corrected chi connectivity index (χ2v) is 5.83. The average Bonchev–Trinajstić information content (AvgIpc) is 2.70. The second-order valence-electron chi connectivity index (χ2n) is 5.02. The normalized spacial score (nSPS) is 10.8. The summed E-state index contributed by atoms with van der Waals surface area (Å²) in [5.41, 5.74) is 0.873. The lowest BCUT2D eigenvalue weighted by atomic mass is 10.4. The van der Waals surface area contributed by atoms with Crippen molar-refractivity contribution in [1.82, 2.24) is 25.3 Å². The van der Waals surface area contributed by atoms with E-state index in [1.54, 1.807) is 0 Å². The Balaban J connectivity index is 2.04. The number of halogens is 1. The first kappa shape index (κ1) is 17.2. The van der Waals surface area contributed by atoms with Crippen LogP contribution >= 0.6 is 23.8 Å². The van der Waals surface area contributed by atoms with Gasteiger partial charge in [0.2, 0.25) is 0 Å². The Kier molecular flexibility index (Phi) is 7.87. The smallest absolute Gasteiger partial charge is 0.166 e. The van der Waals surface area contributed by atoms with E-state index in [-0.39, 0.29) is 0 Å². The Morgan fingerprint density at radius 1 is 1.35 bits per heavy atom. The second kappa shape index (κ2) is 9.15. The van der Waals surface area contributed by atoms with Gasteiger partial charge in [0.05, 0.1) is 10.7 Å². The number of nitrogens with zero attached hydrogens (tertiary/aromatic N) is 3. The van der Waals surface area contributed by atoms with E-state index in [1.807, 2.05) is 17.8 Å². The third-order valence-corrected chi connectivity index (χ3v) is 3.46. The summed E-state index contributed by atoms with van der Waals surface area (Å²) in [7, 11) is 4.14. The molecule has 0 saturated heterocycles. The molecule has 114 valence electrons. The highest BCUT2D eigenvalue weighted by molar-refractivity contribution is 7.80. The molecule has 0 bridgehead atoms. The fraction of sp³-hybridized carbons (Fsp3) is 0.692. The number of aryl methyl sites for hydroxylation is 2. The van der Waals surface area contributed by atoms with E-state index >= 15 is 0 Å². The summed E-state index contributed by atoms with van der Waals surface area (Å²) >= 11 is 11.2. The van der Waals surface area contributed by atoms with Crippen molar-refractivity contribution in [3.05, 3.63) is 16.9 Å². The third-order valence-electron chi connectivity index (χ3n) is 2.80. The number of rotatable bonds is 8. The number of thiocarbonyl (C=S) groups is 1. The Labute approximate surface area is 131 Å². The van der Waals surface area contributed by atoms with E-state index in [2.05, 4.69) is 34.7 Å². The first-order valence-corrected chi connectivity index (χ1v) is 7.63. The summed E-state index contributed by atoms with van der Waals surface area (Å²) in [6.45, 7) is 5.54. The standard InChI is InChI=1S/C13H24ClN5S/c1-11-12(14)10-19(17-11)9-5-7-16-13(20)15-6-4-8-18(2)3/h10H,4-9H2,1-3H3,(H2,15,16,20). The highest BCUT2D eigenvalue weighted by atomic mass is 35.5. The third kappa shape index (κ3) is 7.07. The molecule has 20 heavy (non-hydrogen) atoms. The van der Waals surface area contributed by atoms with Crippen molar-refractivity contribution < 1.29 is 0 Å². The monoisotopic (exact) mass is 317 g/mol. The maximum absolute atomic E-state index is 5.95. The fourth-order valence-electron chi connectivity index (χ4n) is 1.71. The maximum Gasteiger partial charge on any atom is 0.166 e. The molecule has 0 saturated carbocycles. The van der Waals surface area contributed by atoms with Crippen molar-refractivity contribution in [2.45, 2.75) is 26.3 Å². The zero-order valence-electron chi connectivity index (χ0n) is 12.4. The minimum atomic E-state index is 0.719. The van der Waals surface area contributed by atoms with Gasteiger partial charge in [-0.3, -0.25) is 4.68 Å². The highest BCUT2D eigenvalue weighted by Crippen LogP contribution is 2.11. The van der Waals surface area contributed by atoms with Crippen LogP contribution in [0, 0.1) is 6.92 Å². The van der Waals surface area contributed by atoms with Gasteiger partial charge in [0.1, 0.15) is 0 Å². The number of aromatic nitrogens is 2. The van der Waals surface area contributed by atoms with Crippen LogP contribution in [0.15, 0.2) is 6.20 Å². The Hall–Kier alpha value is -0.850. The van der Waals surface area contributed by atoms with Gasteiger partial charge >= 0.3 is 0 Å². The van der Waals surface area contributed by atoms with E-state index in [0.717, 1.165) is 54.8 Å². The first-order valence-electron chi connectivity index (χ1n) is 6.85. The van der Waals surface area contributed by atoms with Crippen LogP contribution in [0.4, 0.5) is 0 Å². The molecular weight excluding hydrogens is 294 g/mol. The number of hydrogen-bond donors (Lipinski definition) is 2. The van der Waals surface area contributed by atoms with Crippen LogP contribution < -0.4 is 10.6 Å². The number of nitrogens with one attached hydrogen (secondary N) is 2. The van der Waals surface area contributed by atoms with E-state index in [1.165, 1.54) is 0 Å². The molecule has 7 heteroatoms. The summed E-state index contributed by atoms with van der Waals surface area (Å²) in [6, 6.07) is 0. The predicted molar refractivity (Wildman–Crippen MR) is 88.4 cm³/mol. The summed E-state index contributed by atoms with van der Waals surface area (Å²) in [5.74, 6) is 0. The molecule has 0 aromatic carbocycles. The van der Waals surface area contributed by atoms with Gasteiger partial charge in [-0.2, -0.15) is 5.10 Å². The van der Waals surface area contributed by atoms with Crippen molar-refractivity contribution in [2.75, 3.05) is 33.7 Å². The van der Waals surface area contributed by atoms with Crippen LogP contribution in [0.2, 0.25) is 5.02 Å². The minimum Gasteiger partial charge on any atom is -0.363 e. The largest absolute Gasteiger partial charge is 0.363 e. The summed E-state index contributed by atoms with van der Waals surface area (Å²) in [4.78, 5) is 2.16. The highest BCUT2D eigenvalue weighted by Gasteiger charge is 2.01. The van der Waals surface area contributed by atoms with E-state index in [4.69, 9.17) is 23.8 Å². The Morgan fingerprint density at radius 3 is 2.55 bits per heavy atom. The molecule has 0 spiro atoms. The van der Waals surface area contributed by atoms with Gasteiger partial charge in [0.25, 0.3) is 0 Å². The molecule has 0 aliphatic carbocycles. The predicted octanol–water partition coefficient (Wildman–Crippen LogP) is 1.65. The van der Waals surface area contributed by atoms with E-state index in [9.17, 15) is 0 Å². The molecule has 0 amide bonds. The lowest BCUT2D eigenvalue weighted by Crippen LogP contribution is -2.37. The summed E-state index contributed by atoms with van der Waals surface area (Å²) < 4.78 is 1.87. The van der Waals surface area contributed by atoms with Crippen LogP contribution in [0.25, 0.3) is 0 Å². The molecule has 0 fully saturated rings. The Morgan fingerprint density at radius 2 is 2.00 bits per heavy atom. The summed E-state index contributed by atoms with van der Waals surface area (Å²) in [5, 5.41) is 12.1. The molecule has 0 atom stereocenters. The zero-order chi connectivity index (χ0) is 15.0. The van der Waals surface area contributed by atoms with Crippen molar-refractivity contribution in [2.24, 2.45) is 0 Å². The topological polar surface area (TPSA) is 45.1 Å². The van der Waals surface area contributed by atoms with Gasteiger partial charge in [-0.15, -0.1) is 0 Å². The molecular formula is C13H24ClN5S. The van der Waals surface area contributed by atoms with Crippen LogP contribution in [0.1, 0.15) is 18.5 Å². The first-order chi connectivity index (χ1) is 9.49. The van der Waals surface area contributed by atoms with Crippen LogP contribution in [-0.2, 0) is 6.54 Å². The lowest BCUT2D eigenvalue weighted by Gasteiger charge is -2.12. The molecule has 0 aliphatic rings. The maximum atomic E-state index is 5.95. The van der Waals surface area contributed by atoms with Crippen molar-refractivity contribution >= 4 is 28.9 Å². The van der Waals surface area contributed by atoms with Crippen molar-refractivity contribution in [1.29, 1.82) is 0 Å². The van der Waals surface area contributed by atoms with Crippen LogP contribution in [0.3, 0.4) is 0 Å². The Bertz CT molecular complexity index is 399. The molecule has 1 heterocycles. The van der Waals surface area contributed by atoms with E-state index in [0.29, 0.717) is 0 Å². The van der Waals surface area contributed by atoms with Gasteiger partial charge in [0.15, 0.2) is 5.11 Å². The minimum absolute atomic E-state index is 0.719. The van der Waals surface area contributed by atoms with Gasteiger partial charge < -0.3 is 15.5 Å². The van der Waals surface area contributed by atoms with Gasteiger partial charge in [0, 0.05) is 25.8 Å². The summed E-state index contributed by atoms with van der Waals surface area (Å²) in [6.07, 6.45) is 3.89. The molecule has 0 unspecified atom stereocenters. The number of hydrogen-bond acceptors (Lipinski definition) is 3. The van der Waals surface area contributed by atoms with Crippen LogP contribution in [0.5, 0.6) is 0 Å². The molecule has 0 aliphatic heterocycles. The molecule has 1 rings (SSSR count). The molecule has 1 aromatic rings. The SMILES string of the molecule is Cc1nn(CCCNC(=S)NCCCN(C)C)cc1Cl. The average molecular weight is 318 g/mol. The van der Waals surface area contributed by atoms with Gasteiger partial charge in [-0.1, -0.05) is 11.6 Å². The van der Waals surface area contributed by atoms with Crippen molar-refractivity contribution in [3.63, 3.8) is 0 Å². The van der Waals surface area contributed by atoms with E-state index < -0.39 is 0 Å².